The molecule has 0 radical (unpaired) electrons. The fourth-order valence-corrected chi connectivity index (χ4v) is 3.49. The van der Waals surface area contributed by atoms with Crippen molar-refractivity contribution in [2.45, 2.75) is 9.23 Å². The Morgan fingerprint density at radius 3 is 2.00 bits per heavy atom. The molecule has 0 spiro atoms. The van der Waals surface area contributed by atoms with Crippen LogP contribution in [0, 0.1) is 0 Å². The molecule has 2 aromatic carbocycles. The van der Waals surface area contributed by atoms with Crippen molar-refractivity contribution in [1.29, 1.82) is 0 Å². The van der Waals surface area contributed by atoms with E-state index in [1.54, 1.807) is 42.5 Å². The first-order valence-corrected chi connectivity index (χ1v) is 8.21. The Kier molecular flexibility index (Phi) is 3.90. The van der Waals surface area contributed by atoms with Gasteiger partial charge in [-0.1, -0.05) is 71.7 Å². The monoisotopic (exact) mass is 314 g/mol. The summed E-state index contributed by atoms with van der Waals surface area (Å²) in [7, 11) is -3.39. The Morgan fingerprint density at radius 2 is 1.42 bits per heavy atom. The lowest BCUT2D eigenvalue weighted by Gasteiger charge is -2.23. The Bertz CT molecular complexity index is 680. The molecule has 0 atom stereocenters. The standard InChI is InChI=1S/C14H12Cl2O2S/c1-19(17,18)13-10-6-5-9-12(13)14(15,16)11-7-3-2-4-8-11/h2-10H,1H3. The van der Waals surface area contributed by atoms with Gasteiger partial charge in [0.1, 0.15) is 0 Å². The third-order valence-corrected chi connectivity index (χ3v) is 4.76. The lowest BCUT2D eigenvalue weighted by molar-refractivity contribution is 0.600. The number of alkyl halides is 2. The van der Waals surface area contributed by atoms with Crippen molar-refractivity contribution in [3.8, 4) is 0 Å². The second-order valence-electron chi connectivity index (χ2n) is 4.21. The zero-order valence-electron chi connectivity index (χ0n) is 10.2. The normalized spacial score (nSPS) is 12.4. The molecule has 0 aliphatic carbocycles. The average Bonchev–Trinajstić information content (AvgIpc) is 2.39. The topological polar surface area (TPSA) is 34.1 Å². The number of benzene rings is 2. The van der Waals surface area contributed by atoms with Gasteiger partial charge in [0.05, 0.1) is 4.90 Å². The van der Waals surface area contributed by atoms with Crippen molar-refractivity contribution in [2.75, 3.05) is 6.26 Å². The lowest BCUT2D eigenvalue weighted by atomic mass is 10.0. The zero-order chi connectivity index (χ0) is 14.1. The minimum Gasteiger partial charge on any atom is -0.224 e. The molecule has 0 heterocycles. The van der Waals surface area contributed by atoms with Gasteiger partial charge < -0.3 is 0 Å². The highest BCUT2D eigenvalue weighted by Gasteiger charge is 2.33. The molecule has 0 aliphatic rings. The SMILES string of the molecule is CS(=O)(=O)c1ccccc1C(Cl)(Cl)c1ccccc1. The van der Waals surface area contributed by atoms with Crippen LogP contribution < -0.4 is 0 Å². The quantitative estimate of drug-likeness (QED) is 0.808. The summed E-state index contributed by atoms with van der Waals surface area (Å²) in [6.45, 7) is 0. The van der Waals surface area contributed by atoms with Crippen LogP contribution in [0.2, 0.25) is 0 Å². The molecule has 5 heteroatoms. The summed E-state index contributed by atoms with van der Waals surface area (Å²) in [5.74, 6) is 0. The highest BCUT2D eigenvalue weighted by molar-refractivity contribution is 7.90. The predicted molar refractivity (Wildman–Crippen MR) is 78.5 cm³/mol. The van der Waals surface area contributed by atoms with Crippen LogP contribution in [0.3, 0.4) is 0 Å². The number of hydrogen-bond acceptors (Lipinski definition) is 2. The van der Waals surface area contributed by atoms with E-state index < -0.39 is 14.2 Å². The van der Waals surface area contributed by atoms with Crippen LogP contribution >= 0.6 is 23.2 Å². The summed E-state index contributed by atoms with van der Waals surface area (Å²) in [5, 5.41) is 0. The van der Waals surface area contributed by atoms with Crippen LogP contribution in [0.1, 0.15) is 11.1 Å². The second kappa shape index (κ2) is 5.16. The van der Waals surface area contributed by atoms with Gasteiger partial charge >= 0.3 is 0 Å². The first-order chi connectivity index (χ1) is 8.83. The minimum absolute atomic E-state index is 0.142. The molecule has 0 saturated carbocycles. The highest BCUT2D eigenvalue weighted by Crippen LogP contribution is 2.43. The van der Waals surface area contributed by atoms with Crippen LogP contribution in [0.25, 0.3) is 0 Å². The van der Waals surface area contributed by atoms with E-state index in [1.807, 2.05) is 6.07 Å². The summed E-state index contributed by atoms with van der Waals surface area (Å²) in [6, 6.07) is 15.5. The van der Waals surface area contributed by atoms with E-state index >= 15 is 0 Å². The Labute approximate surface area is 122 Å². The van der Waals surface area contributed by atoms with Crippen molar-refractivity contribution in [1.82, 2.24) is 0 Å². The first kappa shape index (κ1) is 14.4. The van der Waals surface area contributed by atoms with Gasteiger partial charge in [-0.2, -0.15) is 0 Å². The molecule has 100 valence electrons. The molecular formula is C14H12Cl2O2S. The third-order valence-electron chi connectivity index (χ3n) is 2.76. The van der Waals surface area contributed by atoms with E-state index in [2.05, 4.69) is 0 Å². The molecule has 0 aromatic heterocycles. The number of halogens is 2. The van der Waals surface area contributed by atoms with Gasteiger partial charge in [0, 0.05) is 11.8 Å². The molecule has 0 amide bonds. The van der Waals surface area contributed by atoms with Crippen molar-refractivity contribution in [3.63, 3.8) is 0 Å². The van der Waals surface area contributed by atoms with Crippen molar-refractivity contribution >= 4 is 33.0 Å². The summed E-state index contributed by atoms with van der Waals surface area (Å²) >= 11 is 12.8. The summed E-state index contributed by atoms with van der Waals surface area (Å²) in [4.78, 5) is 0.142. The van der Waals surface area contributed by atoms with Crippen LogP contribution in [0.4, 0.5) is 0 Å². The van der Waals surface area contributed by atoms with Crippen LogP contribution in [0.5, 0.6) is 0 Å². The van der Waals surface area contributed by atoms with E-state index in [4.69, 9.17) is 23.2 Å². The Balaban J connectivity index is 2.66. The molecule has 0 unspecified atom stereocenters. The van der Waals surface area contributed by atoms with E-state index in [-0.39, 0.29) is 4.90 Å². The predicted octanol–water partition coefficient (Wildman–Crippen LogP) is 3.77. The molecular weight excluding hydrogens is 303 g/mol. The zero-order valence-corrected chi connectivity index (χ0v) is 12.5. The van der Waals surface area contributed by atoms with E-state index in [0.29, 0.717) is 11.1 Å². The van der Waals surface area contributed by atoms with Gasteiger partial charge in [-0.05, 0) is 11.6 Å². The van der Waals surface area contributed by atoms with Crippen LogP contribution in [-0.4, -0.2) is 14.7 Å². The maximum Gasteiger partial charge on any atom is 0.175 e. The maximum atomic E-state index is 11.8. The number of hydrogen-bond donors (Lipinski definition) is 0. The van der Waals surface area contributed by atoms with Crippen LogP contribution in [0.15, 0.2) is 59.5 Å². The summed E-state index contributed by atoms with van der Waals surface area (Å²) in [5.41, 5.74) is 1.00. The molecule has 0 bridgehead atoms. The first-order valence-electron chi connectivity index (χ1n) is 5.56. The third kappa shape index (κ3) is 2.94. The van der Waals surface area contributed by atoms with E-state index in [9.17, 15) is 8.42 Å². The number of sulfone groups is 1. The molecule has 19 heavy (non-hydrogen) atoms. The molecule has 2 nitrogen and oxygen atoms in total. The van der Waals surface area contributed by atoms with E-state index in [0.717, 1.165) is 6.26 Å². The maximum absolute atomic E-state index is 11.8. The molecule has 0 saturated heterocycles. The lowest BCUT2D eigenvalue weighted by Crippen LogP contribution is -2.16. The van der Waals surface area contributed by atoms with Gasteiger partial charge in [0.15, 0.2) is 14.2 Å². The van der Waals surface area contributed by atoms with Gasteiger partial charge in [0.25, 0.3) is 0 Å². The minimum atomic E-state index is -3.39. The smallest absolute Gasteiger partial charge is 0.175 e. The van der Waals surface area contributed by atoms with Crippen LogP contribution in [-0.2, 0) is 14.2 Å². The van der Waals surface area contributed by atoms with Crippen molar-refractivity contribution in [3.05, 3.63) is 65.7 Å². The van der Waals surface area contributed by atoms with Gasteiger partial charge in [-0.3, -0.25) is 0 Å². The van der Waals surface area contributed by atoms with Crippen molar-refractivity contribution in [2.24, 2.45) is 0 Å². The molecule has 0 fully saturated rings. The van der Waals surface area contributed by atoms with Gasteiger partial charge in [-0.25, -0.2) is 8.42 Å². The molecule has 0 aliphatic heterocycles. The fraction of sp³-hybridized carbons (Fsp3) is 0.143. The Morgan fingerprint density at radius 1 is 0.895 bits per heavy atom. The molecule has 0 N–H and O–H groups in total. The summed E-state index contributed by atoms with van der Waals surface area (Å²) in [6.07, 6.45) is 1.14. The molecule has 2 rings (SSSR count). The number of rotatable bonds is 3. The summed E-state index contributed by atoms with van der Waals surface area (Å²) < 4.78 is 22.2. The Hall–Kier alpha value is -1.03. The molecule has 2 aromatic rings. The van der Waals surface area contributed by atoms with Crippen molar-refractivity contribution < 1.29 is 8.42 Å². The van der Waals surface area contributed by atoms with Gasteiger partial charge in [0.2, 0.25) is 0 Å². The highest BCUT2D eigenvalue weighted by atomic mass is 35.5. The fourth-order valence-electron chi connectivity index (χ4n) is 1.85. The second-order valence-corrected chi connectivity index (χ2v) is 7.52. The van der Waals surface area contributed by atoms with Gasteiger partial charge in [-0.15, -0.1) is 0 Å². The van der Waals surface area contributed by atoms with E-state index in [1.165, 1.54) is 6.07 Å². The largest absolute Gasteiger partial charge is 0.224 e. The average molecular weight is 315 g/mol.